The number of anilines is 1. The molecular weight excluding hydrogens is 340 g/mol. The van der Waals surface area contributed by atoms with Crippen LogP contribution < -0.4 is 10.5 Å². The Morgan fingerprint density at radius 1 is 1.33 bits per heavy atom. The molecule has 0 aliphatic rings. The van der Waals surface area contributed by atoms with Crippen LogP contribution in [0.5, 0.6) is 11.6 Å². The van der Waals surface area contributed by atoms with Crippen LogP contribution in [-0.2, 0) is 0 Å². The molecule has 1 heterocycles. The van der Waals surface area contributed by atoms with Gasteiger partial charge < -0.3 is 10.5 Å². The van der Waals surface area contributed by atoms with Gasteiger partial charge in [-0.1, -0.05) is 29.8 Å². The maximum absolute atomic E-state index is 11.1. The summed E-state index contributed by atoms with van der Waals surface area (Å²) in [5, 5.41) is 11.1. The minimum Gasteiger partial charge on any atom is -0.432 e. The van der Waals surface area contributed by atoms with Gasteiger partial charge in [0, 0.05) is 22.5 Å². The van der Waals surface area contributed by atoms with E-state index in [1.54, 1.807) is 6.07 Å². The molecule has 110 valence electrons. The van der Waals surface area contributed by atoms with Crippen molar-refractivity contribution in [1.82, 2.24) is 9.97 Å². The fourth-order valence-corrected chi connectivity index (χ4v) is 1.95. The van der Waals surface area contributed by atoms with E-state index in [-0.39, 0.29) is 29.1 Å². The lowest BCUT2D eigenvalue weighted by Gasteiger charge is -2.09. The first-order valence-electron chi connectivity index (χ1n) is 6.13. The van der Waals surface area contributed by atoms with Gasteiger partial charge in [-0.05, 0) is 12.1 Å². The Hall–Kier alpha value is -2.22. The zero-order valence-corrected chi connectivity index (χ0v) is 13.0. The van der Waals surface area contributed by atoms with Gasteiger partial charge in [0.15, 0.2) is 0 Å². The van der Waals surface area contributed by atoms with Crippen molar-refractivity contribution >= 4 is 27.4 Å². The van der Waals surface area contributed by atoms with Gasteiger partial charge in [-0.25, -0.2) is 4.98 Å². The smallest absolute Gasteiger partial charge is 0.312 e. The summed E-state index contributed by atoms with van der Waals surface area (Å²) in [5.41, 5.74) is 5.54. The van der Waals surface area contributed by atoms with E-state index in [2.05, 4.69) is 25.9 Å². The van der Waals surface area contributed by atoms with Crippen molar-refractivity contribution in [3.63, 3.8) is 0 Å². The molecule has 0 atom stereocenters. The molecule has 0 aliphatic heterocycles. The van der Waals surface area contributed by atoms with Crippen LogP contribution in [0.25, 0.3) is 0 Å². The summed E-state index contributed by atoms with van der Waals surface area (Å²) in [7, 11) is 0. The number of hydrogen-bond acceptors (Lipinski definition) is 6. The van der Waals surface area contributed by atoms with Crippen molar-refractivity contribution in [1.29, 1.82) is 0 Å². The predicted octanol–water partition coefficient (Wildman–Crippen LogP) is 3.65. The molecular formula is C13H13BrN4O3. The number of nitro benzene ring substituents is 1. The third-order valence-corrected chi connectivity index (χ3v) is 3.08. The van der Waals surface area contributed by atoms with E-state index in [4.69, 9.17) is 10.5 Å². The standard InChI is InChI=1S/C13H13BrN4O3/c1-7(2)13-16-11(15)6-12(17-13)21-10-4-3-8(14)5-9(10)18(19)20/h3-7H,1-2H3,(H2,15,16,17). The molecule has 1 aromatic carbocycles. The van der Waals surface area contributed by atoms with Crippen LogP contribution in [0, 0.1) is 10.1 Å². The summed E-state index contributed by atoms with van der Waals surface area (Å²) >= 11 is 3.19. The Kier molecular flexibility index (Phi) is 4.37. The van der Waals surface area contributed by atoms with Crippen LogP contribution in [0.2, 0.25) is 0 Å². The van der Waals surface area contributed by atoms with Crippen LogP contribution in [0.4, 0.5) is 11.5 Å². The lowest BCUT2D eigenvalue weighted by atomic mass is 10.2. The molecule has 2 aromatic rings. The highest BCUT2D eigenvalue weighted by Crippen LogP contribution is 2.33. The number of halogens is 1. The number of nitrogen functional groups attached to an aromatic ring is 1. The number of nitrogens with zero attached hydrogens (tertiary/aromatic N) is 3. The highest BCUT2D eigenvalue weighted by molar-refractivity contribution is 9.10. The fraction of sp³-hybridized carbons (Fsp3) is 0.231. The van der Waals surface area contributed by atoms with Gasteiger partial charge in [-0.2, -0.15) is 4.98 Å². The zero-order chi connectivity index (χ0) is 15.6. The number of nitro groups is 1. The maximum Gasteiger partial charge on any atom is 0.312 e. The Labute approximate surface area is 129 Å². The van der Waals surface area contributed by atoms with Crippen molar-refractivity contribution in [2.45, 2.75) is 19.8 Å². The van der Waals surface area contributed by atoms with Crippen molar-refractivity contribution in [3.05, 3.63) is 44.7 Å². The molecule has 0 fully saturated rings. The summed E-state index contributed by atoms with van der Waals surface area (Å²) in [6, 6.07) is 5.94. The quantitative estimate of drug-likeness (QED) is 0.665. The topological polar surface area (TPSA) is 104 Å². The fourth-order valence-electron chi connectivity index (χ4n) is 1.60. The summed E-state index contributed by atoms with van der Waals surface area (Å²) in [5.74, 6) is 1.11. The first-order chi connectivity index (χ1) is 9.86. The number of aromatic nitrogens is 2. The molecule has 0 saturated heterocycles. The van der Waals surface area contributed by atoms with Crippen molar-refractivity contribution in [3.8, 4) is 11.6 Å². The summed E-state index contributed by atoms with van der Waals surface area (Å²) in [6.45, 7) is 3.83. The van der Waals surface area contributed by atoms with E-state index in [0.717, 1.165) is 0 Å². The number of rotatable bonds is 4. The molecule has 2 rings (SSSR count). The molecule has 0 amide bonds. The van der Waals surface area contributed by atoms with Gasteiger partial charge in [-0.3, -0.25) is 10.1 Å². The molecule has 0 aliphatic carbocycles. The molecule has 2 N–H and O–H groups in total. The van der Waals surface area contributed by atoms with Gasteiger partial charge in [0.2, 0.25) is 11.6 Å². The van der Waals surface area contributed by atoms with E-state index in [9.17, 15) is 10.1 Å². The Morgan fingerprint density at radius 3 is 2.67 bits per heavy atom. The third-order valence-electron chi connectivity index (χ3n) is 2.59. The van der Waals surface area contributed by atoms with Gasteiger partial charge in [0.1, 0.15) is 11.6 Å². The lowest BCUT2D eigenvalue weighted by molar-refractivity contribution is -0.385. The van der Waals surface area contributed by atoms with Gasteiger partial charge in [-0.15, -0.1) is 0 Å². The molecule has 0 unspecified atom stereocenters. The van der Waals surface area contributed by atoms with Crippen LogP contribution in [0.3, 0.4) is 0 Å². The van der Waals surface area contributed by atoms with Crippen molar-refractivity contribution in [2.75, 3.05) is 5.73 Å². The van der Waals surface area contributed by atoms with Crippen molar-refractivity contribution < 1.29 is 9.66 Å². The normalized spacial score (nSPS) is 10.7. The van der Waals surface area contributed by atoms with Crippen LogP contribution >= 0.6 is 15.9 Å². The largest absolute Gasteiger partial charge is 0.432 e. The number of nitrogens with two attached hydrogens (primary N) is 1. The van der Waals surface area contributed by atoms with Gasteiger partial charge >= 0.3 is 5.69 Å². The molecule has 8 heteroatoms. The molecule has 7 nitrogen and oxygen atoms in total. The van der Waals surface area contributed by atoms with E-state index >= 15 is 0 Å². The molecule has 1 aromatic heterocycles. The van der Waals surface area contributed by atoms with E-state index in [0.29, 0.717) is 10.3 Å². The second-order valence-corrected chi connectivity index (χ2v) is 5.53. The lowest BCUT2D eigenvalue weighted by Crippen LogP contribution is -2.03. The Bertz CT molecular complexity index is 691. The monoisotopic (exact) mass is 352 g/mol. The minimum atomic E-state index is -0.520. The van der Waals surface area contributed by atoms with E-state index < -0.39 is 4.92 Å². The highest BCUT2D eigenvalue weighted by Gasteiger charge is 2.17. The highest BCUT2D eigenvalue weighted by atomic mass is 79.9. The van der Waals surface area contributed by atoms with Crippen LogP contribution in [-0.4, -0.2) is 14.9 Å². The third kappa shape index (κ3) is 3.66. The van der Waals surface area contributed by atoms with Gasteiger partial charge in [0.25, 0.3) is 0 Å². The predicted molar refractivity (Wildman–Crippen MR) is 81.4 cm³/mol. The average Bonchev–Trinajstić information content (AvgIpc) is 2.40. The van der Waals surface area contributed by atoms with Crippen LogP contribution in [0.15, 0.2) is 28.7 Å². The number of ether oxygens (including phenoxy) is 1. The van der Waals surface area contributed by atoms with Crippen LogP contribution in [0.1, 0.15) is 25.6 Å². The Morgan fingerprint density at radius 2 is 2.05 bits per heavy atom. The van der Waals surface area contributed by atoms with E-state index in [1.165, 1.54) is 18.2 Å². The number of hydrogen-bond donors (Lipinski definition) is 1. The molecule has 0 radical (unpaired) electrons. The molecule has 0 saturated carbocycles. The first-order valence-corrected chi connectivity index (χ1v) is 6.92. The minimum absolute atomic E-state index is 0.0655. The molecule has 21 heavy (non-hydrogen) atoms. The van der Waals surface area contributed by atoms with Crippen molar-refractivity contribution in [2.24, 2.45) is 0 Å². The SMILES string of the molecule is CC(C)c1nc(N)cc(Oc2ccc(Br)cc2[N+](=O)[O-])n1. The average molecular weight is 353 g/mol. The molecule has 0 bridgehead atoms. The maximum atomic E-state index is 11.1. The van der Waals surface area contributed by atoms with E-state index in [1.807, 2.05) is 13.8 Å². The number of benzene rings is 1. The molecule has 0 spiro atoms. The zero-order valence-electron chi connectivity index (χ0n) is 11.4. The second-order valence-electron chi connectivity index (χ2n) is 4.62. The summed E-state index contributed by atoms with van der Waals surface area (Å²) in [4.78, 5) is 18.8. The summed E-state index contributed by atoms with van der Waals surface area (Å²) in [6.07, 6.45) is 0. The second kappa shape index (κ2) is 6.04. The first kappa shape index (κ1) is 15.2. The Balaban J connectivity index is 2.41. The summed E-state index contributed by atoms with van der Waals surface area (Å²) < 4.78 is 6.09. The van der Waals surface area contributed by atoms with Gasteiger partial charge in [0.05, 0.1) is 4.92 Å².